The molecule has 4 rings (SSSR count). The Morgan fingerprint density at radius 3 is 2.79 bits per heavy atom. The highest BCUT2D eigenvalue weighted by molar-refractivity contribution is 5.96. The van der Waals surface area contributed by atoms with Crippen LogP contribution < -0.4 is 0 Å². The predicted molar refractivity (Wildman–Crippen MR) is 83.5 cm³/mol. The summed E-state index contributed by atoms with van der Waals surface area (Å²) in [4.78, 5) is 17.5. The Morgan fingerprint density at radius 2 is 2.04 bits per heavy atom. The van der Waals surface area contributed by atoms with Crippen molar-refractivity contribution in [2.45, 2.75) is 37.3 Å². The Labute approximate surface area is 138 Å². The Balaban J connectivity index is 1.68. The summed E-state index contributed by atoms with van der Waals surface area (Å²) < 4.78 is 27.7. The summed E-state index contributed by atoms with van der Waals surface area (Å²) in [6.07, 6.45) is 3.28. The number of aromatic amines is 1. The molecule has 2 atom stereocenters. The fourth-order valence-electron chi connectivity index (χ4n) is 3.54. The highest BCUT2D eigenvalue weighted by Crippen LogP contribution is 2.42. The van der Waals surface area contributed by atoms with Crippen LogP contribution in [0.1, 0.15) is 52.8 Å². The van der Waals surface area contributed by atoms with E-state index in [4.69, 9.17) is 0 Å². The number of hydrogen-bond donors (Lipinski definition) is 2. The average molecular weight is 332 g/mol. The van der Waals surface area contributed by atoms with Crippen molar-refractivity contribution in [3.8, 4) is 0 Å². The van der Waals surface area contributed by atoms with Crippen LogP contribution >= 0.6 is 0 Å². The molecule has 2 aromatic rings. The van der Waals surface area contributed by atoms with Crippen LogP contribution in [0.3, 0.4) is 0 Å². The molecule has 1 aromatic heterocycles. The molecule has 6 heteroatoms. The number of H-pyrrole nitrogens is 1. The van der Waals surface area contributed by atoms with Crippen LogP contribution in [0.4, 0.5) is 8.78 Å². The maximum Gasteiger partial charge on any atom is 0.256 e. The largest absolute Gasteiger partial charge is 0.391 e. The molecule has 2 N–H and O–H groups in total. The standard InChI is InChI=1S/C18H18F2N2O2/c19-11-3-4-15(20)14(7-11)16-8-12(23)9-22(16)18(24)13-5-6-21-17(13)10-1-2-10/h3-7,10,12,16,21,23H,1-2,8-9H2/t12-,16-/m0/s1. The lowest BCUT2D eigenvalue weighted by molar-refractivity contribution is 0.0712. The highest BCUT2D eigenvalue weighted by atomic mass is 19.1. The maximum absolute atomic E-state index is 14.2. The number of nitrogens with one attached hydrogen (secondary N) is 1. The number of likely N-dealkylation sites (tertiary alicyclic amines) is 1. The Bertz CT molecular complexity index is 785. The van der Waals surface area contributed by atoms with E-state index < -0.39 is 23.8 Å². The summed E-state index contributed by atoms with van der Waals surface area (Å²) in [7, 11) is 0. The molecule has 0 bridgehead atoms. The molecule has 1 amide bonds. The number of carbonyl (C=O) groups is 1. The molecular weight excluding hydrogens is 314 g/mol. The van der Waals surface area contributed by atoms with E-state index in [1.165, 1.54) is 4.90 Å². The van der Waals surface area contributed by atoms with Gasteiger partial charge in [-0.05, 0) is 49.4 Å². The van der Waals surface area contributed by atoms with Crippen molar-refractivity contribution in [2.24, 2.45) is 0 Å². The number of halogens is 2. The minimum Gasteiger partial charge on any atom is -0.391 e. The summed E-state index contributed by atoms with van der Waals surface area (Å²) in [5, 5.41) is 10.0. The molecule has 0 spiro atoms. The minimum absolute atomic E-state index is 0.114. The van der Waals surface area contributed by atoms with Crippen molar-refractivity contribution in [1.29, 1.82) is 0 Å². The zero-order valence-electron chi connectivity index (χ0n) is 13.0. The van der Waals surface area contributed by atoms with Gasteiger partial charge in [0.15, 0.2) is 0 Å². The van der Waals surface area contributed by atoms with E-state index in [0.29, 0.717) is 11.5 Å². The number of carbonyl (C=O) groups excluding carboxylic acids is 1. The second kappa shape index (κ2) is 5.70. The maximum atomic E-state index is 14.2. The smallest absolute Gasteiger partial charge is 0.256 e. The number of amides is 1. The van der Waals surface area contributed by atoms with Crippen molar-refractivity contribution >= 4 is 5.91 Å². The third-order valence-electron chi connectivity index (χ3n) is 4.85. The first-order valence-electron chi connectivity index (χ1n) is 8.16. The first kappa shape index (κ1) is 15.3. The molecule has 4 nitrogen and oxygen atoms in total. The summed E-state index contributed by atoms with van der Waals surface area (Å²) in [6.45, 7) is 0.120. The van der Waals surface area contributed by atoms with Crippen LogP contribution in [0.5, 0.6) is 0 Å². The van der Waals surface area contributed by atoms with Crippen LogP contribution in [0, 0.1) is 11.6 Å². The van der Waals surface area contributed by atoms with E-state index in [0.717, 1.165) is 36.7 Å². The van der Waals surface area contributed by atoms with Crippen molar-refractivity contribution in [2.75, 3.05) is 6.54 Å². The van der Waals surface area contributed by atoms with Crippen molar-refractivity contribution < 1.29 is 18.7 Å². The van der Waals surface area contributed by atoms with E-state index >= 15 is 0 Å². The first-order chi connectivity index (χ1) is 11.5. The van der Waals surface area contributed by atoms with Gasteiger partial charge in [0.2, 0.25) is 0 Å². The number of aliphatic hydroxyl groups excluding tert-OH is 1. The summed E-state index contributed by atoms with van der Waals surface area (Å²) >= 11 is 0. The summed E-state index contributed by atoms with van der Waals surface area (Å²) in [6, 6.07) is 4.28. The van der Waals surface area contributed by atoms with Gasteiger partial charge in [-0.3, -0.25) is 4.79 Å². The van der Waals surface area contributed by atoms with Gasteiger partial charge in [0, 0.05) is 24.0 Å². The van der Waals surface area contributed by atoms with E-state index in [1.54, 1.807) is 12.3 Å². The van der Waals surface area contributed by atoms with Gasteiger partial charge < -0.3 is 15.0 Å². The number of aromatic nitrogens is 1. The molecule has 1 aliphatic heterocycles. The van der Waals surface area contributed by atoms with Gasteiger partial charge in [0.1, 0.15) is 11.6 Å². The van der Waals surface area contributed by atoms with Crippen LogP contribution in [0.25, 0.3) is 0 Å². The van der Waals surface area contributed by atoms with Crippen LogP contribution in [0.15, 0.2) is 30.5 Å². The highest BCUT2D eigenvalue weighted by Gasteiger charge is 2.39. The van der Waals surface area contributed by atoms with Crippen LogP contribution in [-0.4, -0.2) is 33.5 Å². The molecule has 1 aromatic carbocycles. The van der Waals surface area contributed by atoms with Gasteiger partial charge in [-0.1, -0.05) is 0 Å². The molecule has 2 fully saturated rings. The molecule has 1 aliphatic carbocycles. The zero-order chi connectivity index (χ0) is 16.8. The minimum atomic E-state index is -0.745. The van der Waals surface area contributed by atoms with Gasteiger partial charge >= 0.3 is 0 Å². The predicted octanol–water partition coefficient (Wildman–Crippen LogP) is 3.12. The van der Waals surface area contributed by atoms with Gasteiger partial charge in [-0.2, -0.15) is 0 Å². The van der Waals surface area contributed by atoms with E-state index in [-0.39, 0.29) is 24.4 Å². The number of rotatable bonds is 3. The fourth-order valence-corrected chi connectivity index (χ4v) is 3.54. The normalized spacial score (nSPS) is 23.7. The van der Waals surface area contributed by atoms with Crippen molar-refractivity contribution in [3.05, 3.63) is 58.9 Å². The molecule has 126 valence electrons. The lowest BCUT2D eigenvalue weighted by atomic mass is 10.0. The van der Waals surface area contributed by atoms with Gasteiger partial charge in [-0.25, -0.2) is 8.78 Å². The topological polar surface area (TPSA) is 56.3 Å². The van der Waals surface area contributed by atoms with E-state index in [9.17, 15) is 18.7 Å². The van der Waals surface area contributed by atoms with Crippen molar-refractivity contribution in [3.63, 3.8) is 0 Å². The van der Waals surface area contributed by atoms with Crippen molar-refractivity contribution in [1.82, 2.24) is 9.88 Å². The molecule has 2 heterocycles. The lowest BCUT2D eigenvalue weighted by Crippen LogP contribution is -2.32. The molecule has 0 unspecified atom stereocenters. The quantitative estimate of drug-likeness (QED) is 0.907. The number of β-amino-alcohol motifs (C(OH)–C–C–N with tert-alkyl or cyclic N) is 1. The molecule has 1 saturated carbocycles. The third-order valence-corrected chi connectivity index (χ3v) is 4.85. The Hall–Kier alpha value is -2.21. The third kappa shape index (κ3) is 2.60. The number of nitrogens with zero attached hydrogens (tertiary/aromatic N) is 1. The number of hydrogen-bond acceptors (Lipinski definition) is 2. The summed E-state index contributed by atoms with van der Waals surface area (Å²) in [5.74, 6) is -0.996. The van der Waals surface area contributed by atoms with E-state index in [2.05, 4.69) is 4.98 Å². The Morgan fingerprint density at radius 1 is 1.25 bits per heavy atom. The van der Waals surface area contributed by atoms with E-state index in [1.807, 2.05) is 0 Å². The van der Waals surface area contributed by atoms with Crippen LogP contribution in [0.2, 0.25) is 0 Å². The lowest BCUT2D eigenvalue weighted by Gasteiger charge is -2.25. The average Bonchev–Trinajstić information content (AvgIpc) is 3.15. The van der Waals surface area contributed by atoms with Crippen LogP contribution in [-0.2, 0) is 0 Å². The monoisotopic (exact) mass is 332 g/mol. The van der Waals surface area contributed by atoms with Gasteiger partial charge in [0.05, 0.1) is 17.7 Å². The molecule has 2 aliphatic rings. The van der Waals surface area contributed by atoms with Gasteiger partial charge in [-0.15, -0.1) is 0 Å². The SMILES string of the molecule is O=C(c1cc[nH]c1C1CC1)N1C[C@@H](O)C[C@H]1c1cc(F)ccc1F. The number of benzene rings is 1. The Kier molecular flexibility index (Phi) is 3.64. The molecule has 0 radical (unpaired) electrons. The molecule has 24 heavy (non-hydrogen) atoms. The summed E-state index contributed by atoms with van der Waals surface area (Å²) in [5.41, 5.74) is 1.58. The first-order valence-corrected chi connectivity index (χ1v) is 8.16. The molecular formula is C18H18F2N2O2. The fraction of sp³-hybridized carbons (Fsp3) is 0.389. The molecule has 1 saturated heterocycles. The second-order valence-corrected chi connectivity index (χ2v) is 6.61. The second-order valence-electron chi connectivity index (χ2n) is 6.61. The van der Waals surface area contributed by atoms with Gasteiger partial charge in [0.25, 0.3) is 5.91 Å². The number of aliphatic hydroxyl groups is 1. The zero-order valence-corrected chi connectivity index (χ0v) is 13.0.